The van der Waals surface area contributed by atoms with Crippen LogP contribution in [-0.4, -0.2) is 64.4 Å². The number of halogens is 3. The largest absolute Gasteiger partial charge is 0.497 e. The lowest BCUT2D eigenvalue weighted by atomic mass is 9.78. The molecule has 2 aliphatic rings. The summed E-state index contributed by atoms with van der Waals surface area (Å²) in [6.45, 7) is 0.108. The molecule has 0 aliphatic carbocycles. The zero-order valence-electron chi connectivity index (χ0n) is 25.8. The van der Waals surface area contributed by atoms with Crippen LogP contribution in [0, 0.1) is 0 Å². The van der Waals surface area contributed by atoms with E-state index in [1.54, 1.807) is 43.3 Å². The van der Waals surface area contributed by atoms with Crippen molar-refractivity contribution in [3.8, 4) is 11.5 Å². The first kappa shape index (κ1) is 33.1. The standard InChI is InChI=1S/C34H30Cl3N3O6S/c1-38(2)32(41)29-15-20-9-5-6-10-21(20)19-39(29)34(23-11-7-8-12-25(23)35)24-17-26(36)27(37)18-28(24)40(33(34)42)47(43,44)31-14-13-22(45-3)16-30(31)46-4/h5-14,16-18,29H,15,19H2,1-4H3/t29-,34?/m0/s1. The number of anilines is 1. The predicted octanol–water partition coefficient (Wildman–Crippen LogP) is 6.16. The topological polar surface area (TPSA) is 96.5 Å². The Labute approximate surface area is 288 Å². The first-order valence-electron chi connectivity index (χ1n) is 14.5. The Balaban J connectivity index is 1.71. The number of amides is 2. The summed E-state index contributed by atoms with van der Waals surface area (Å²) in [6, 6.07) is 20.4. The average Bonchev–Trinajstić information content (AvgIpc) is 3.31. The summed E-state index contributed by atoms with van der Waals surface area (Å²) in [5, 5.41) is 0.304. The maximum Gasteiger partial charge on any atom is 0.274 e. The monoisotopic (exact) mass is 713 g/mol. The molecule has 0 fully saturated rings. The van der Waals surface area contributed by atoms with E-state index in [-0.39, 0.29) is 61.4 Å². The van der Waals surface area contributed by atoms with Crippen LogP contribution in [0.25, 0.3) is 0 Å². The fourth-order valence-corrected chi connectivity index (χ4v) is 8.72. The van der Waals surface area contributed by atoms with Crippen molar-refractivity contribution in [3.63, 3.8) is 0 Å². The van der Waals surface area contributed by atoms with E-state index in [1.165, 1.54) is 49.5 Å². The normalized spacial score (nSPS) is 19.3. The molecule has 2 atom stereocenters. The molecule has 0 bridgehead atoms. The Morgan fingerprint density at radius 3 is 2.17 bits per heavy atom. The number of hydrogen-bond acceptors (Lipinski definition) is 7. The number of hydrogen-bond donors (Lipinski definition) is 0. The second-order valence-electron chi connectivity index (χ2n) is 11.4. The molecular weight excluding hydrogens is 685 g/mol. The summed E-state index contributed by atoms with van der Waals surface area (Å²) in [5.41, 5.74) is 0.314. The summed E-state index contributed by atoms with van der Waals surface area (Å²) < 4.78 is 41.0. The van der Waals surface area contributed by atoms with Gasteiger partial charge in [0.1, 0.15) is 16.4 Å². The highest BCUT2D eigenvalue weighted by Gasteiger charge is 2.63. The van der Waals surface area contributed by atoms with Crippen LogP contribution in [0.4, 0.5) is 5.69 Å². The van der Waals surface area contributed by atoms with Crippen LogP contribution in [0.15, 0.2) is 83.8 Å². The molecule has 13 heteroatoms. The predicted molar refractivity (Wildman–Crippen MR) is 181 cm³/mol. The van der Waals surface area contributed by atoms with E-state index in [0.29, 0.717) is 5.75 Å². The molecule has 47 heavy (non-hydrogen) atoms. The number of carbonyl (C=O) groups is 2. The number of rotatable bonds is 7. The van der Waals surface area contributed by atoms with Gasteiger partial charge < -0.3 is 14.4 Å². The number of sulfonamides is 1. The van der Waals surface area contributed by atoms with Crippen molar-refractivity contribution < 1.29 is 27.5 Å². The van der Waals surface area contributed by atoms with Gasteiger partial charge in [-0.2, -0.15) is 0 Å². The van der Waals surface area contributed by atoms with Crippen LogP contribution in [0.1, 0.15) is 22.3 Å². The number of nitrogens with zero attached hydrogens (tertiary/aromatic N) is 3. The molecule has 4 aromatic carbocycles. The lowest BCUT2D eigenvalue weighted by molar-refractivity contribution is -0.141. The van der Waals surface area contributed by atoms with Crippen molar-refractivity contribution in [2.45, 2.75) is 29.4 Å². The lowest BCUT2D eigenvalue weighted by Crippen LogP contribution is -2.62. The fourth-order valence-electron chi connectivity index (χ4n) is 6.53. The summed E-state index contributed by atoms with van der Waals surface area (Å²) in [7, 11) is 1.32. The molecule has 0 radical (unpaired) electrons. The molecule has 0 N–H and O–H groups in total. The van der Waals surface area contributed by atoms with E-state index in [2.05, 4.69) is 0 Å². The first-order chi connectivity index (χ1) is 22.4. The minimum Gasteiger partial charge on any atom is -0.497 e. The quantitative estimate of drug-likeness (QED) is 0.226. The average molecular weight is 715 g/mol. The molecule has 2 heterocycles. The third-order valence-corrected chi connectivity index (χ3v) is 11.5. The van der Waals surface area contributed by atoms with Gasteiger partial charge in [0.25, 0.3) is 15.9 Å². The van der Waals surface area contributed by atoms with Gasteiger partial charge in [-0.3, -0.25) is 14.5 Å². The van der Waals surface area contributed by atoms with Crippen LogP contribution < -0.4 is 13.8 Å². The number of carbonyl (C=O) groups excluding carboxylic acids is 2. The molecule has 0 aromatic heterocycles. The van der Waals surface area contributed by atoms with Crippen molar-refractivity contribution in [2.24, 2.45) is 0 Å². The summed E-state index contributed by atoms with van der Waals surface area (Å²) >= 11 is 20.1. The summed E-state index contributed by atoms with van der Waals surface area (Å²) in [5.74, 6) is -0.848. The van der Waals surface area contributed by atoms with E-state index in [1.807, 2.05) is 24.3 Å². The molecule has 0 saturated heterocycles. The first-order valence-corrected chi connectivity index (χ1v) is 17.1. The molecule has 4 aromatic rings. The number of ether oxygens (including phenoxy) is 2. The molecule has 244 valence electrons. The number of fused-ring (bicyclic) bond motifs is 2. The maximum absolute atomic E-state index is 15.5. The van der Waals surface area contributed by atoms with Crippen molar-refractivity contribution in [2.75, 3.05) is 32.6 Å². The van der Waals surface area contributed by atoms with Crippen molar-refractivity contribution in [1.29, 1.82) is 0 Å². The second-order valence-corrected chi connectivity index (χ2v) is 14.4. The van der Waals surface area contributed by atoms with Crippen molar-refractivity contribution in [3.05, 3.63) is 116 Å². The molecule has 0 spiro atoms. The molecule has 2 aliphatic heterocycles. The number of methoxy groups -OCH3 is 2. The minimum absolute atomic E-state index is 0.0278. The molecule has 2 amide bonds. The van der Waals surface area contributed by atoms with E-state index in [9.17, 15) is 13.2 Å². The molecular formula is C34H30Cl3N3O6S. The van der Waals surface area contributed by atoms with E-state index < -0.39 is 27.5 Å². The van der Waals surface area contributed by atoms with Gasteiger partial charge in [-0.05, 0) is 47.9 Å². The third-order valence-electron chi connectivity index (χ3n) is 8.70. The van der Waals surface area contributed by atoms with Crippen LogP contribution in [-0.2, 0) is 38.1 Å². The van der Waals surface area contributed by atoms with Crippen LogP contribution in [0.2, 0.25) is 15.1 Å². The lowest BCUT2D eigenvalue weighted by Gasteiger charge is -2.47. The third kappa shape index (κ3) is 5.14. The van der Waals surface area contributed by atoms with Crippen molar-refractivity contribution >= 4 is 62.3 Å². The molecule has 9 nitrogen and oxygen atoms in total. The highest BCUT2D eigenvalue weighted by molar-refractivity contribution is 7.93. The Hall–Kier alpha value is -3.80. The highest BCUT2D eigenvalue weighted by atomic mass is 35.5. The molecule has 0 saturated carbocycles. The van der Waals surface area contributed by atoms with Crippen molar-refractivity contribution in [1.82, 2.24) is 9.80 Å². The maximum atomic E-state index is 15.5. The zero-order valence-corrected chi connectivity index (χ0v) is 28.9. The molecule has 6 rings (SSSR count). The Morgan fingerprint density at radius 2 is 1.51 bits per heavy atom. The zero-order chi connectivity index (χ0) is 33.8. The fraction of sp³-hybridized carbons (Fsp3) is 0.235. The Bertz CT molecular complexity index is 2040. The SMILES string of the molecule is COc1ccc(S(=O)(=O)N2C(=O)C(c3ccccc3Cl)(N3Cc4ccccc4C[C@H]3C(=O)N(C)C)c3cc(Cl)c(Cl)cc32)c(OC)c1. The van der Waals surface area contributed by atoms with Gasteiger partial charge in [0.2, 0.25) is 5.91 Å². The van der Waals surface area contributed by atoms with E-state index in [4.69, 9.17) is 44.3 Å². The van der Waals surface area contributed by atoms with Gasteiger partial charge in [0.05, 0.1) is 36.0 Å². The summed E-state index contributed by atoms with van der Waals surface area (Å²) in [4.78, 5) is 32.5. The van der Waals surface area contributed by atoms with E-state index in [0.717, 1.165) is 15.4 Å². The van der Waals surface area contributed by atoms with Gasteiger partial charge in [-0.1, -0.05) is 77.3 Å². The number of benzene rings is 4. The van der Waals surface area contributed by atoms with Crippen LogP contribution >= 0.6 is 34.8 Å². The Morgan fingerprint density at radius 1 is 0.851 bits per heavy atom. The van der Waals surface area contributed by atoms with Gasteiger partial charge in [-0.15, -0.1) is 0 Å². The summed E-state index contributed by atoms with van der Waals surface area (Å²) in [6.07, 6.45) is 0.252. The molecule has 1 unspecified atom stereocenters. The Kier molecular flexibility index (Phi) is 8.69. The van der Waals surface area contributed by atoms with Crippen LogP contribution in [0.5, 0.6) is 11.5 Å². The minimum atomic E-state index is -4.71. The van der Waals surface area contributed by atoms with Crippen LogP contribution in [0.3, 0.4) is 0 Å². The second kappa shape index (κ2) is 12.3. The van der Waals surface area contributed by atoms with Gasteiger partial charge in [-0.25, -0.2) is 12.7 Å². The van der Waals surface area contributed by atoms with E-state index >= 15 is 4.79 Å². The van der Waals surface area contributed by atoms with Gasteiger partial charge in [0.15, 0.2) is 5.54 Å². The van der Waals surface area contributed by atoms with Gasteiger partial charge >= 0.3 is 0 Å². The highest BCUT2D eigenvalue weighted by Crippen LogP contribution is 2.55. The smallest absolute Gasteiger partial charge is 0.274 e. The number of likely N-dealkylation sites (N-methyl/N-ethyl adjacent to an activating group) is 1. The van der Waals surface area contributed by atoms with Gasteiger partial charge in [0, 0.05) is 42.9 Å².